The molecule has 0 amide bonds. The lowest BCUT2D eigenvalue weighted by molar-refractivity contribution is -0.177. The largest absolute Gasteiger partial charge is 0.479 e. The minimum absolute atomic E-state index is 0.134. The van der Waals surface area contributed by atoms with E-state index in [4.69, 9.17) is 9.84 Å². The third-order valence-electron chi connectivity index (χ3n) is 3.50. The van der Waals surface area contributed by atoms with Gasteiger partial charge in [0.2, 0.25) is 0 Å². The van der Waals surface area contributed by atoms with Crippen molar-refractivity contribution in [2.45, 2.75) is 43.8 Å². The van der Waals surface area contributed by atoms with Gasteiger partial charge in [-0.3, -0.25) is 0 Å². The van der Waals surface area contributed by atoms with Crippen LogP contribution in [-0.2, 0) is 14.3 Å². The van der Waals surface area contributed by atoms with Crippen LogP contribution in [0.5, 0.6) is 0 Å². The zero-order valence-corrected chi connectivity index (χ0v) is 8.31. The zero-order chi connectivity index (χ0) is 11.1. The number of carbonyl (C=O) groups is 2. The van der Waals surface area contributed by atoms with Gasteiger partial charge in [-0.1, -0.05) is 6.42 Å². The summed E-state index contributed by atoms with van der Waals surface area (Å²) >= 11 is 0. The van der Waals surface area contributed by atoms with Gasteiger partial charge >= 0.3 is 11.9 Å². The number of carboxylic acids is 2. The van der Waals surface area contributed by atoms with E-state index in [-0.39, 0.29) is 5.92 Å². The van der Waals surface area contributed by atoms with E-state index in [0.717, 1.165) is 19.3 Å². The highest BCUT2D eigenvalue weighted by atomic mass is 16.6. The summed E-state index contributed by atoms with van der Waals surface area (Å²) in [6.45, 7) is 0. The molecular formula is C10H14O5. The van der Waals surface area contributed by atoms with Crippen LogP contribution in [0.1, 0.15) is 32.1 Å². The molecule has 2 N–H and O–H groups in total. The van der Waals surface area contributed by atoms with Gasteiger partial charge in [0.25, 0.3) is 0 Å². The minimum Gasteiger partial charge on any atom is -0.479 e. The molecule has 5 heteroatoms. The molecular weight excluding hydrogens is 200 g/mol. The number of carboxylic acid groups (broad SMARTS) is 2. The summed E-state index contributed by atoms with van der Waals surface area (Å²) in [5.74, 6) is -2.19. The molecule has 0 aromatic rings. The lowest BCUT2D eigenvalue weighted by Gasteiger charge is -2.33. The van der Waals surface area contributed by atoms with Crippen LogP contribution in [0.3, 0.4) is 0 Å². The van der Waals surface area contributed by atoms with E-state index < -0.39 is 23.6 Å². The van der Waals surface area contributed by atoms with Crippen LogP contribution in [0.15, 0.2) is 0 Å². The number of hydrogen-bond acceptors (Lipinski definition) is 3. The Labute approximate surface area is 87.0 Å². The highest BCUT2D eigenvalue weighted by Gasteiger charge is 2.56. The maximum atomic E-state index is 11.2. The van der Waals surface area contributed by atoms with Crippen molar-refractivity contribution in [1.29, 1.82) is 0 Å². The summed E-state index contributed by atoms with van der Waals surface area (Å²) in [5.41, 5.74) is -1.22. The van der Waals surface area contributed by atoms with Gasteiger partial charge in [-0.2, -0.15) is 0 Å². The minimum atomic E-state index is -1.22. The lowest BCUT2D eigenvalue weighted by Crippen LogP contribution is -2.46. The molecule has 15 heavy (non-hydrogen) atoms. The molecule has 2 aliphatic rings. The Balaban J connectivity index is 2.24. The van der Waals surface area contributed by atoms with Crippen LogP contribution in [0, 0.1) is 5.92 Å². The second-order valence-electron chi connectivity index (χ2n) is 4.32. The summed E-state index contributed by atoms with van der Waals surface area (Å²) in [4.78, 5) is 22.0. The molecule has 0 aromatic heterocycles. The van der Waals surface area contributed by atoms with E-state index in [1.54, 1.807) is 0 Å². The van der Waals surface area contributed by atoms with Gasteiger partial charge < -0.3 is 14.9 Å². The van der Waals surface area contributed by atoms with Crippen molar-refractivity contribution < 1.29 is 24.5 Å². The maximum absolute atomic E-state index is 11.2. The average Bonchev–Trinajstić information content (AvgIpc) is 2.58. The van der Waals surface area contributed by atoms with Crippen molar-refractivity contribution in [3.8, 4) is 0 Å². The first-order valence-corrected chi connectivity index (χ1v) is 5.20. The van der Waals surface area contributed by atoms with Crippen LogP contribution in [0.25, 0.3) is 0 Å². The molecule has 1 saturated carbocycles. The smallest absolute Gasteiger partial charge is 0.336 e. The van der Waals surface area contributed by atoms with Gasteiger partial charge in [-0.05, 0) is 25.7 Å². The van der Waals surface area contributed by atoms with Crippen molar-refractivity contribution in [3.63, 3.8) is 0 Å². The molecule has 3 atom stereocenters. The van der Waals surface area contributed by atoms with Crippen LogP contribution in [0.2, 0.25) is 0 Å². The summed E-state index contributed by atoms with van der Waals surface area (Å²) in [6.07, 6.45) is 2.36. The molecule has 1 aliphatic carbocycles. The summed E-state index contributed by atoms with van der Waals surface area (Å²) in [7, 11) is 0. The highest BCUT2D eigenvalue weighted by molar-refractivity contribution is 5.81. The maximum Gasteiger partial charge on any atom is 0.336 e. The molecule has 0 spiro atoms. The van der Waals surface area contributed by atoms with Crippen LogP contribution in [-0.4, -0.2) is 33.9 Å². The second kappa shape index (κ2) is 3.48. The van der Waals surface area contributed by atoms with E-state index in [1.807, 2.05) is 0 Å². The normalized spacial score (nSPS) is 39.7. The number of aliphatic carboxylic acids is 2. The summed E-state index contributed by atoms with van der Waals surface area (Å²) < 4.78 is 5.28. The van der Waals surface area contributed by atoms with Crippen molar-refractivity contribution in [2.24, 2.45) is 5.92 Å². The van der Waals surface area contributed by atoms with Crippen LogP contribution < -0.4 is 0 Å². The Morgan fingerprint density at radius 3 is 2.53 bits per heavy atom. The molecule has 84 valence electrons. The number of rotatable bonds is 2. The fourth-order valence-electron chi connectivity index (χ4n) is 2.72. The monoisotopic (exact) mass is 214 g/mol. The molecule has 1 aliphatic heterocycles. The average molecular weight is 214 g/mol. The standard InChI is InChI=1S/C10H14O5/c11-8(12)7-5-6-3-1-2-4-10(6,15-7)9(13)14/h6-7H,1-5H2,(H,11,12)(H,13,14). The number of ether oxygens (including phenoxy) is 1. The zero-order valence-electron chi connectivity index (χ0n) is 8.31. The van der Waals surface area contributed by atoms with E-state index in [2.05, 4.69) is 0 Å². The quantitative estimate of drug-likeness (QED) is 0.712. The predicted molar refractivity (Wildman–Crippen MR) is 49.5 cm³/mol. The first kappa shape index (κ1) is 10.4. The van der Waals surface area contributed by atoms with Crippen molar-refractivity contribution in [1.82, 2.24) is 0 Å². The van der Waals surface area contributed by atoms with Crippen molar-refractivity contribution in [3.05, 3.63) is 0 Å². The lowest BCUT2D eigenvalue weighted by atomic mass is 9.75. The van der Waals surface area contributed by atoms with Gasteiger partial charge in [-0.25, -0.2) is 9.59 Å². The molecule has 0 aromatic carbocycles. The number of fused-ring (bicyclic) bond motifs is 1. The molecule has 3 unspecified atom stereocenters. The first-order chi connectivity index (χ1) is 7.06. The van der Waals surface area contributed by atoms with Gasteiger partial charge in [-0.15, -0.1) is 0 Å². The highest BCUT2D eigenvalue weighted by Crippen LogP contribution is 2.46. The van der Waals surface area contributed by atoms with E-state index in [1.165, 1.54) is 0 Å². The van der Waals surface area contributed by atoms with Crippen LogP contribution in [0.4, 0.5) is 0 Å². The van der Waals surface area contributed by atoms with Gasteiger partial charge in [0.1, 0.15) is 0 Å². The SMILES string of the molecule is O=C(O)C1CC2CCCCC2(C(=O)O)O1. The second-order valence-corrected chi connectivity index (χ2v) is 4.32. The Morgan fingerprint density at radius 2 is 2.00 bits per heavy atom. The Bertz CT molecular complexity index is 300. The Morgan fingerprint density at radius 1 is 1.27 bits per heavy atom. The molecule has 0 bridgehead atoms. The third-order valence-corrected chi connectivity index (χ3v) is 3.50. The summed E-state index contributed by atoms with van der Waals surface area (Å²) in [5, 5.41) is 18.0. The molecule has 1 saturated heterocycles. The Kier molecular flexibility index (Phi) is 2.42. The van der Waals surface area contributed by atoms with E-state index >= 15 is 0 Å². The fraction of sp³-hybridized carbons (Fsp3) is 0.800. The number of hydrogen-bond donors (Lipinski definition) is 2. The van der Waals surface area contributed by atoms with Gasteiger partial charge in [0.05, 0.1) is 0 Å². The fourth-order valence-corrected chi connectivity index (χ4v) is 2.72. The van der Waals surface area contributed by atoms with Crippen molar-refractivity contribution >= 4 is 11.9 Å². The molecule has 0 radical (unpaired) electrons. The Hall–Kier alpha value is -1.10. The molecule has 1 heterocycles. The van der Waals surface area contributed by atoms with E-state index in [0.29, 0.717) is 12.8 Å². The van der Waals surface area contributed by atoms with E-state index in [9.17, 15) is 14.7 Å². The van der Waals surface area contributed by atoms with Gasteiger partial charge in [0, 0.05) is 5.92 Å². The topological polar surface area (TPSA) is 83.8 Å². The summed E-state index contributed by atoms with van der Waals surface area (Å²) in [6, 6.07) is 0. The van der Waals surface area contributed by atoms with Crippen molar-refractivity contribution in [2.75, 3.05) is 0 Å². The first-order valence-electron chi connectivity index (χ1n) is 5.20. The van der Waals surface area contributed by atoms with Gasteiger partial charge in [0.15, 0.2) is 11.7 Å². The molecule has 2 fully saturated rings. The van der Waals surface area contributed by atoms with Crippen LogP contribution >= 0.6 is 0 Å². The molecule has 2 rings (SSSR count). The molecule has 5 nitrogen and oxygen atoms in total. The third kappa shape index (κ3) is 1.51. The predicted octanol–water partition coefficient (Wildman–Crippen LogP) is 0.873.